The molecule has 0 spiro atoms. The van der Waals surface area contributed by atoms with Crippen molar-refractivity contribution in [2.45, 2.75) is 51.4 Å². The largest absolute Gasteiger partial charge is 0.369 e. The van der Waals surface area contributed by atoms with Gasteiger partial charge in [0.25, 0.3) is 5.91 Å². The molecule has 4 aliphatic carbocycles. The van der Waals surface area contributed by atoms with Crippen molar-refractivity contribution in [1.82, 2.24) is 4.90 Å². The van der Waals surface area contributed by atoms with E-state index < -0.39 is 0 Å². The summed E-state index contributed by atoms with van der Waals surface area (Å²) in [5, 5.41) is 0. The number of guanidine groups is 1. The van der Waals surface area contributed by atoms with E-state index in [1.807, 2.05) is 0 Å². The number of nitrogens with two attached hydrogens (primary N) is 1. The Morgan fingerprint density at radius 1 is 1.15 bits per heavy atom. The molecule has 0 atom stereocenters. The van der Waals surface area contributed by atoms with Crippen molar-refractivity contribution >= 4 is 11.9 Å². The van der Waals surface area contributed by atoms with Crippen LogP contribution in [0.5, 0.6) is 0 Å². The summed E-state index contributed by atoms with van der Waals surface area (Å²) in [7, 11) is 0. The molecule has 4 fully saturated rings. The molecule has 20 heavy (non-hydrogen) atoms. The van der Waals surface area contributed by atoms with Crippen LogP contribution in [0.2, 0.25) is 0 Å². The molecule has 0 aromatic carbocycles. The summed E-state index contributed by atoms with van der Waals surface area (Å²) in [6.07, 6.45) is 10.6. The summed E-state index contributed by atoms with van der Waals surface area (Å²) in [5.41, 5.74) is 6.50. The predicted octanol–water partition coefficient (Wildman–Crippen LogP) is 2.14. The van der Waals surface area contributed by atoms with Gasteiger partial charge in [0.05, 0.1) is 0 Å². The van der Waals surface area contributed by atoms with Crippen LogP contribution in [-0.4, -0.2) is 29.9 Å². The summed E-state index contributed by atoms with van der Waals surface area (Å²) >= 11 is 0. The van der Waals surface area contributed by atoms with Gasteiger partial charge in [0.2, 0.25) is 0 Å². The monoisotopic (exact) mass is 275 g/mol. The van der Waals surface area contributed by atoms with Crippen molar-refractivity contribution in [1.29, 1.82) is 0 Å². The van der Waals surface area contributed by atoms with Gasteiger partial charge in [-0.15, -0.1) is 0 Å². The minimum Gasteiger partial charge on any atom is -0.369 e. The van der Waals surface area contributed by atoms with Crippen molar-refractivity contribution in [2.24, 2.45) is 33.9 Å². The van der Waals surface area contributed by atoms with E-state index in [-0.39, 0.29) is 5.91 Å². The van der Waals surface area contributed by atoms with Crippen LogP contribution in [0.3, 0.4) is 0 Å². The van der Waals surface area contributed by atoms with Gasteiger partial charge in [0.1, 0.15) is 0 Å². The van der Waals surface area contributed by atoms with Crippen LogP contribution in [0.1, 0.15) is 51.4 Å². The van der Waals surface area contributed by atoms with Crippen LogP contribution in [0.4, 0.5) is 0 Å². The standard InChI is InChI=1S/C16H25N3O/c17-15-18-14(20)1-3-19(15)4-2-16-8-11-5-12(9-16)7-13(6-11)10-16/h11-13H,1-10H2,(H2,17,18,20). The molecule has 0 aromatic heterocycles. The first kappa shape index (κ1) is 12.7. The van der Waals surface area contributed by atoms with Gasteiger partial charge in [-0.25, -0.2) is 0 Å². The Bertz CT molecular complexity index is 421. The van der Waals surface area contributed by atoms with Crippen molar-refractivity contribution in [2.75, 3.05) is 13.1 Å². The number of hydrogen-bond donors (Lipinski definition) is 1. The number of carbonyl (C=O) groups excluding carboxylic acids is 1. The molecule has 110 valence electrons. The van der Waals surface area contributed by atoms with Crippen LogP contribution >= 0.6 is 0 Å². The zero-order valence-electron chi connectivity index (χ0n) is 12.2. The minimum atomic E-state index is -0.0615. The molecule has 2 N–H and O–H groups in total. The first-order valence-electron chi connectivity index (χ1n) is 8.24. The molecule has 1 heterocycles. The van der Waals surface area contributed by atoms with E-state index in [0.717, 1.165) is 30.8 Å². The summed E-state index contributed by atoms with van der Waals surface area (Å²) < 4.78 is 0. The highest BCUT2D eigenvalue weighted by Gasteiger charge is 2.50. The smallest absolute Gasteiger partial charge is 0.250 e. The number of rotatable bonds is 3. The Morgan fingerprint density at radius 2 is 1.75 bits per heavy atom. The predicted molar refractivity (Wildman–Crippen MR) is 78.0 cm³/mol. The normalized spacial score (nSPS) is 43.0. The number of carbonyl (C=O) groups is 1. The van der Waals surface area contributed by atoms with E-state index in [0.29, 0.717) is 17.8 Å². The van der Waals surface area contributed by atoms with E-state index in [1.54, 1.807) is 0 Å². The number of amides is 1. The second-order valence-electron chi connectivity index (χ2n) is 7.77. The highest BCUT2D eigenvalue weighted by Crippen LogP contribution is 2.61. The Labute approximate surface area is 120 Å². The minimum absolute atomic E-state index is 0.0615. The van der Waals surface area contributed by atoms with Gasteiger partial charge in [0, 0.05) is 19.5 Å². The fraction of sp³-hybridized carbons (Fsp3) is 0.875. The van der Waals surface area contributed by atoms with Gasteiger partial charge in [0.15, 0.2) is 5.96 Å². The third-order valence-electron chi connectivity index (χ3n) is 6.24. The van der Waals surface area contributed by atoms with Gasteiger partial charge in [-0.2, -0.15) is 4.99 Å². The maximum atomic E-state index is 11.3. The molecule has 1 amide bonds. The second kappa shape index (κ2) is 4.47. The molecule has 4 saturated carbocycles. The molecule has 5 rings (SSSR count). The fourth-order valence-electron chi connectivity index (χ4n) is 5.79. The molecule has 0 aromatic rings. The fourth-order valence-corrected chi connectivity index (χ4v) is 5.79. The SMILES string of the molecule is NC1=NC(=O)CCN1CCC12CC3CC(CC(C3)C1)C2. The second-order valence-corrected chi connectivity index (χ2v) is 7.77. The Hall–Kier alpha value is -1.06. The molecule has 4 heteroatoms. The van der Waals surface area contributed by atoms with E-state index >= 15 is 0 Å². The third kappa shape index (κ3) is 2.13. The summed E-state index contributed by atoms with van der Waals surface area (Å²) in [4.78, 5) is 17.3. The lowest BCUT2D eigenvalue weighted by Crippen LogP contribution is -2.49. The zero-order valence-corrected chi connectivity index (χ0v) is 12.2. The van der Waals surface area contributed by atoms with Crippen molar-refractivity contribution < 1.29 is 4.79 Å². The summed E-state index contributed by atoms with van der Waals surface area (Å²) in [5.74, 6) is 3.42. The Balaban J connectivity index is 1.42. The number of hydrogen-bond acceptors (Lipinski definition) is 3. The lowest BCUT2D eigenvalue weighted by Gasteiger charge is -2.57. The van der Waals surface area contributed by atoms with Gasteiger partial charge >= 0.3 is 0 Å². The van der Waals surface area contributed by atoms with Crippen LogP contribution in [-0.2, 0) is 4.79 Å². The van der Waals surface area contributed by atoms with Gasteiger partial charge < -0.3 is 10.6 Å². The van der Waals surface area contributed by atoms with Gasteiger partial charge in [-0.1, -0.05) is 0 Å². The Morgan fingerprint density at radius 3 is 2.30 bits per heavy atom. The first-order valence-corrected chi connectivity index (χ1v) is 8.24. The highest BCUT2D eigenvalue weighted by molar-refractivity contribution is 5.94. The molecule has 0 saturated heterocycles. The van der Waals surface area contributed by atoms with Crippen LogP contribution in [0, 0.1) is 23.2 Å². The van der Waals surface area contributed by atoms with E-state index in [9.17, 15) is 4.79 Å². The lowest BCUT2D eigenvalue weighted by molar-refractivity contribution is -0.118. The average molecular weight is 275 g/mol. The van der Waals surface area contributed by atoms with Crippen LogP contribution in [0.15, 0.2) is 4.99 Å². The molecule has 0 radical (unpaired) electrons. The molecular weight excluding hydrogens is 250 g/mol. The van der Waals surface area contributed by atoms with Gasteiger partial charge in [-0.3, -0.25) is 4.79 Å². The van der Waals surface area contributed by atoms with E-state index in [4.69, 9.17) is 5.73 Å². The van der Waals surface area contributed by atoms with Crippen molar-refractivity contribution in [3.63, 3.8) is 0 Å². The molecule has 1 aliphatic heterocycles. The molecular formula is C16H25N3O. The molecule has 5 aliphatic rings. The molecule has 4 nitrogen and oxygen atoms in total. The van der Waals surface area contributed by atoms with E-state index in [1.165, 1.54) is 44.9 Å². The maximum Gasteiger partial charge on any atom is 0.250 e. The topological polar surface area (TPSA) is 58.7 Å². The zero-order chi connectivity index (χ0) is 13.7. The quantitative estimate of drug-likeness (QED) is 0.858. The van der Waals surface area contributed by atoms with E-state index in [2.05, 4.69) is 9.89 Å². The third-order valence-corrected chi connectivity index (χ3v) is 6.24. The summed E-state index contributed by atoms with van der Waals surface area (Å²) in [6.45, 7) is 1.76. The highest BCUT2D eigenvalue weighted by atomic mass is 16.1. The Kier molecular flexibility index (Phi) is 2.83. The van der Waals surface area contributed by atoms with Crippen LogP contribution < -0.4 is 5.73 Å². The summed E-state index contributed by atoms with van der Waals surface area (Å²) in [6, 6.07) is 0. The van der Waals surface area contributed by atoms with Gasteiger partial charge in [-0.05, 0) is 68.1 Å². The lowest BCUT2D eigenvalue weighted by atomic mass is 9.49. The van der Waals surface area contributed by atoms with Crippen molar-refractivity contribution in [3.05, 3.63) is 0 Å². The number of aliphatic imine (C=N–C) groups is 1. The molecule has 4 bridgehead atoms. The molecule has 0 unspecified atom stereocenters. The number of nitrogens with zero attached hydrogens (tertiary/aromatic N) is 2. The van der Waals surface area contributed by atoms with Crippen LogP contribution in [0.25, 0.3) is 0 Å². The first-order chi connectivity index (χ1) is 9.62. The maximum absolute atomic E-state index is 11.3. The average Bonchev–Trinajstić information content (AvgIpc) is 2.36. The van der Waals surface area contributed by atoms with Crippen molar-refractivity contribution in [3.8, 4) is 0 Å².